The van der Waals surface area contributed by atoms with Crippen LogP contribution in [0.2, 0.25) is 0 Å². The van der Waals surface area contributed by atoms with Crippen LogP contribution >= 0.6 is 23.2 Å². The Labute approximate surface area is 141 Å². The Morgan fingerprint density at radius 1 is 1.00 bits per heavy atom. The molecule has 0 aliphatic carbocycles. The summed E-state index contributed by atoms with van der Waals surface area (Å²) in [6, 6.07) is 15.3. The van der Waals surface area contributed by atoms with Crippen molar-refractivity contribution in [1.29, 1.82) is 0 Å². The summed E-state index contributed by atoms with van der Waals surface area (Å²) in [4.78, 5) is 7.93. The lowest BCUT2D eigenvalue weighted by atomic mass is 10.2. The number of hydrogen-bond acceptors (Lipinski definition) is 4. The number of nitrogens with zero attached hydrogens (tertiary/aromatic N) is 4. The third-order valence-electron chi connectivity index (χ3n) is 3.35. The van der Waals surface area contributed by atoms with Gasteiger partial charge in [-0.15, -0.1) is 0 Å². The van der Waals surface area contributed by atoms with Gasteiger partial charge in [-0.1, -0.05) is 53.5 Å². The molecule has 0 fully saturated rings. The van der Waals surface area contributed by atoms with Crippen molar-refractivity contribution < 1.29 is 4.42 Å². The maximum atomic E-state index is 5.94. The zero-order valence-electron chi connectivity index (χ0n) is 11.7. The van der Waals surface area contributed by atoms with Crippen LogP contribution in [0.15, 0.2) is 59.2 Å². The molecule has 3 heterocycles. The first-order valence-corrected chi connectivity index (χ1v) is 7.75. The van der Waals surface area contributed by atoms with Crippen molar-refractivity contribution in [2.24, 2.45) is 0 Å². The van der Waals surface area contributed by atoms with Gasteiger partial charge in [-0.3, -0.25) is 0 Å². The molecule has 3 aromatic heterocycles. The van der Waals surface area contributed by atoms with Gasteiger partial charge in [0, 0.05) is 11.6 Å². The van der Waals surface area contributed by atoms with E-state index in [1.807, 2.05) is 36.4 Å². The molecule has 0 bridgehead atoms. The minimum Gasteiger partial charge on any atom is -0.461 e. The maximum absolute atomic E-state index is 5.94. The summed E-state index contributed by atoms with van der Waals surface area (Å²) < 4.78 is 7.07. The molecule has 5 nitrogen and oxygen atoms in total. The summed E-state index contributed by atoms with van der Waals surface area (Å²) in [7, 11) is 0. The second-order valence-electron chi connectivity index (χ2n) is 4.85. The summed E-state index contributed by atoms with van der Waals surface area (Å²) in [5.74, 6) is 1.38. The summed E-state index contributed by atoms with van der Waals surface area (Å²) >= 11 is 11.9. The average molecular weight is 345 g/mol. The highest BCUT2D eigenvalue weighted by Crippen LogP contribution is 2.27. The quantitative estimate of drug-likeness (QED) is 0.512. The molecule has 7 heteroatoms. The van der Waals surface area contributed by atoms with Gasteiger partial charge in [-0.25, -0.2) is 9.97 Å². The molecule has 0 aliphatic heterocycles. The van der Waals surface area contributed by atoms with Crippen molar-refractivity contribution in [3.05, 3.63) is 60.6 Å². The van der Waals surface area contributed by atoms with E-state index in [1.54, 1.807) is 22.9 Å². The van der Waals surface area contributed by atoms with E-state index >= 15 is 0 Å². The molecular formula is C16H10Cl2N4O. The van der Waals surface area contributed by atoms with Crippen LogP contribution in [0.1, 0.15) is 10.7 Å². The molecular weight excluding hydrogens is 335 g/mol. The topological polar surface area (TPSA) is 56.2 Å². The first-order chi connectivity index (χ1) is 11.2. The molecule has 4 rings (SSSR count). The number of fused-ring (bicyclic) bond motifs is 1. The number of halogens is 2. The first kappa shape index (κ1) is 14.2. The third kappa shape index (κ3) is 2.58. The van der Waals surface area contributed by atoms with Crippen molar-refractivity contribution in [1.82, 2.24) is 19.6 Å². The molecule has 0 radical (unpaired) electrons. The van der Waals surface area contributed by atoms with E-state index in [9.17, 15) is 0 Å². The lowest BCUT2D eigenvalue weighted by Gasteiger charge is -2.05. The number of rotatable bonds is 3. The van der Waals surface area contributed by atoms with Crippen molar-refractivity contribution in [2.75, 3.05) is 0 Å². The minimum absolute atomic E-state index is 0.312. The van der Waals surface area contributed by atoms with Gasteiger partial charge in [0.1, 0.15) is 0 Å². The Morgan fingerprint density at radius 2 is 1.83 bits per heavy atom. The fourth-order valence-electron chi connectivity index (χ4n) is 2.32. The molecule has 0 saturated carbocycles. The summed E-state index contributed by atoms with van der Waals surface area (Å²) in [5.41, 5.74) is 2.37. The lowest BCUT2D eigenvalue weighted by Crippen LogP contribution is -2.04. The lowest BCUT2D eigenvalue weighted by molar-refractivity contribution is 0.573. The zero-order valence-corrected chi connectivity index (χ0v) is 13.2. The van der Waals surface area contributed by atoms with Crippen LogP contribution in [0.5, 0.6) is 0 Å². The summed E-state index contributed by atoms with van der Waals surface area (Å²) in [6.07, 6.45) is 1.57. The predicted molar refractivity (Wildman–Crippen MR) is 88.4 cm³/mol. The van der Waals surface area contributed by atoms with Crippen LogP contribution in [0.25, 0.3) is 28.5 Å². The molecule has 0 unspecified atom stereocenters. The van der Waals surface area contributed by atoms with E-state index in [-0.39, 0.29) is 0 Å². The van der Waals surface area contributed by atoms with E-state index in [2.05, 4.69) is 15.1 Å². The number of benzene rings is 1. The molecule has 0 saturated heterocycles. The van der Waals surface area contributed by atoms with Crippen LogP contribution in [0.3, 0.4) is 0 Å². The van der Waals surface area contributed by atoms with Gasteiger partial charge >= 0.3 is 0 Å². The van der Waals surface area contributed by atoms with Crippen LogP contribution in [0, 0.1) is 0 Å². The van der Waals surface area contributed by atoms with Crippen LogP contribution in [0.4, 0.5) is 0 Å². The fraction of sp³-hybridized carbons (Fsp3) is 0.0625. The van der Waals surface area contributed by atoms with E-state index in [1.165, 1.54) is 0 Å². The molecule has 4 aromatic rings. The molecule has 0 spiro atoms. The number of aromatic nitrogens is 4. The second-order valence-corrected chi connectivity index (χ2v) is 5.95. The molecule has 0 atom stereocenters. The SMILES string of the molecule is ClC(Cl)c1nc(-c2ccco2)n2nc(-c3ccccc3)cc2n1. The van der Waals surface area contributed by atoms with Gasteiger partial charge in [0.2, 0.25) is 5.82 Å². The second kappa shape index (κ2) is 5.68. The standard InChI is InChI=1S/C16H10Cl2N4O/c17-14(18)15-19-13-9-11(10-5-2-1-3-6-10)21-22(13)16(20-15)12-7-4-8-23-12/h1-9,14H. The summed E-state index contributed by atoms with van der Waals surface area (Å²) in [5, 5.41) is 4.58. The van der Waals surface area contributed by atoms with Crippen LogP contribution < -0.4 is 0 Å². The Balaban J connectivity index is 1.97. The largest absolute Gasteiger partial charge is 0.461 e. The molecule has 1 aromatic carbocycles. The van der Waals surface area contributed by atoms with E-state index in [0.717, 1.165) is 11.3 Å². The summed E-state index contributed by atoms with van der Waals surface area (Å²) in [6.45, 7) is 0. The smallest absolute Gasteiger partial charge is 0.200 e. The van der Waals surface area contributed by atoms with E-state index in [0.29, 0.717) is 23.1 Å². The van der Waals surface area contributed by atoms with Crippen molar-refractivity contribution in [2.45, 2.75) is 4.84 Å². The number of furan rings is 1. The van der Waals surface area contributed by atoms with Gasteiger partial charge in [0.05, 0.1) is 12.0 Å². The predicted octanol–water partition coefficient (Wildman–Crippen LogP) is 4.53. The van der Waals surface area contributed by atoms with E-state index < -0.39 is 4.84 Å². The molecule has 0 amide bonds. The van der Waals surface area contributed by atoms with Crippen LogP contribution in [-0.4, -0.2) is 19.6 Å². The van der Waals surface area contributed by atoms with Gasteiger partial charge in [0.15, 0.2) is 22.1 Å². The van der Waals surface area contributed by atoms with Gasteiger partial charge in [-0.05, 0) is 12.1 Å². The Morgan fingerprint density at radius 3 is 2.52 bits per heavy atom. The van der Waals surface area contributed by atoms with Gasteiger partial charge in [0.25, 0.3) is 0 Å². The van der Waals surface area contributed by atoms with Crippen molar-refractivity contribution in [3.63, 3.8) is 0 Å². The monoisotopic (exact) mass is 344 g/mol. The third-order valence-corrected chi connectivity index (χ3v) is 3.74. The van der Waals surface area contributed by atoms with Crippen LogP contribution in [-0.2, 0) is 0 Å². The van der Waals surface area contributed by atoms with Gasteiger partial charge < -0.3 is 4.42 Å². The molecule has 114 valence electrons. The highest BCUT2D eigenvalue weighted by atomic mass is 35.5. The fourth-order valence-corrected chi connectivity index (χ4v) is 2.51. The maximum Gasteiger partial charge on any atom is 0.200 e. The average Bonchev–Trinajstić information content (AvgIpc) is 3.24. The number of hydrogen-bond donors (Lipinski definition) is 0. The molecule has 0 aliphatic rings. The van der Waals surface area contributed by atoms with E-state index in [4.69, 9.17) is 27.6 Å². The highest BCUT2D eigenvalue weighted by Gasteiger charge is 2.18. The molecule has 0 N–H and O–H groups in total. The minimum atomic E-state index is -0.830. The number of alkyl halides is 2. The van der Waals surface area contributed by atoms with Crippen molar-refractivity contribution in [3.8, 4) is 22.8 Å². The van der Waals surface area contributed by atoms with Crippen molar-refractivity contribution >= 4 is 28.8 Å². The first-order valence-electron chi connectivity index (χ1n) is 6.87. The normalized spacial score (nSPS) is 11.4. The van der Waals surface area contributed by atoms with Gasteiger partial charge in [-0.2, -0.15) is 9.61 Å². The molecule has 23 heavy (non-hydrogen) atoms. The Bertz CT molecular complexity index is 949. The highest BCUT2D eigenvalue weighted by molar-refractivity contribution is 6.43. The zero-order chi connectivity index (χ0) is 15.8. The Kier molecular flexibility index (Phi) is 3.52. The Hall–Kier alpha value is -2.37.